The number of pyridine rings is 1. The average molecular weight is 444 g/mol. The second kappa shape index (κ2) is 10.9. The normalized spacial score (nSPS) is 11.4. The molecule has 2 heterocycles. The van der Waals surface area contributed by atoms with Crippen LogP contribution in [0.25, 0.3) is 5.65 Å². The number of carbonyl (C=O) groups is 1. The first-order valence-corrected chi connectivity index (χ1v) is 10.7. The van der Waals surface area contributed by atoms with E-state index in [9.17, 15) is 4.79 Å². The largest absolute Gasteiger partial charge is 0.487 e. The molecule has 0 atom stereocenters. The highest BCUT2D eigenvalue weighted by Gasteiger charge is 2.09. The molecule has 0 bridgehead atoms. The standard InChI is InChI=1S/C26H25N3O4/c1-31-26(30)15-14-24(21-7-3-2-4-8-21)28-33-18-20-10-12-23(13-11-20)32-19-22-17-29-16-6-5-9-25(29)27-22/h2-13,16-17H,14-15,18-19H2,1H3/b28-24+. The highest BCUT2D eigenvalue weighted by atomic mass is 16.6. The van der Waals surface area contributed by atoms with Crippen molar-refractivity contribution in [1.82, 2.24) is 9.38 Å². The van der Waals surface area contributed by atoms with Gasteiger partial charge in [0, 0.05) is 18.8 Å². The molecule has 0 spiro atoms. The quantitative estimate of drug-likeness (QED) is 0.200. The van der Waals surface area contributed by atoms with Crippen molar-refractivity contribution in [2.75, 3.05) is 7.11 Å². The molecule has 0 fully saturated rings. The highest BCUT2D eigenvalue weighted by Crippen LogP contribution is 2.16. The lowest BCUT2D eigenvalue weighted by Gasteiger charge is -2.08. The Labute approximate surface area is 192 Å². The van der Waals surface area contributed by atoms with Crippen LogP contribution in [0.4, 0.5) is 0 Å². The Morgan fingerprint density at radius 3 is 2.48 bits per heavy atom. The molecule has 2 aromatic carbocycles. The number of carbonyl (C=O) groups excluding carboxylic acids is 1. The third kappa shape index (κ3) is 6.20. The summed E-state index contributed by atoms with van der Waals surface area (Å²) in [4.78, 5) is 21.6. The van der Waals surface area contributed by atoms with Crippen LogP contribution < -0.4 is 4.74 Å². The summed E-state index contributed by atoms with van der Waals surface area (Å²) >= 11 is 0. The van der Waals surface area contributed by atoms with Crippen LogP contribution in [0.5, 0.6) is 5.75 Å². The van der Waals surface area contributed by atoms with E-state index >= 15 is 0 Å². The summed E-state index contributed by atoms with van der Waals surface area (Å²) in [6.45, 7) is 0.698. The zero-order valence-corrected chi connectivity index (χ0v) is 18.4. The van der Waals surface area contributed by atoms with E-state index in [0.717, 1.165) is 28.2 Å². The molecule has 4 rings (SSSR count). The molecule has 0 amide bonds. The number of aromatic nitrogens is 2. The predicted octanol–water partition coefficient (Wildman–Crippen LogP) is 4.79. The van der Waals surface area contributed by atoms with Crippen molar-refractivity contribution in [1.29, 1.82) is 0 Å². The number of hydrogen-bond donors (Lipinski definition) is 0. The van der Waals surface area contributed by atoms with Crippen molar-refractivity contribution >= 4 is 17.3 Å². The van der Waals surface area contributed by atoms with E-state index in [1.165, 1.54) is 7.11 Å². The monoisotopic (exact) mass is 443 g/mol. The smallest absolute Gasteiger partial charge is 0.305 e. The predicted molar refractivity (Wildman–Crippen MR) is 125 cm³/mol. The number of oxime groups is 1. The summed E-state index contributed by atoms with van der Waals surface area (Å²) in [5.41, 5.74) is 4.33. The van der Waals surface area contributed by atoms with E-state index in [1.54, 1.807) is 0 Å². The molecule has 0 aliphatic carbocycles. The summed E-state index contributed by atoms with van der Waals surface area (Å²) in [5, 5.41) is 4.28. The van der Waals surface area contributed by atoms with Crippen molar-refractivity contribution in [2.24, 2.45) is 5.16 Å². The van der Waals surface area contributed by atoms with Crippen LogP contribution in [-0.4, -0.2) is 28.2 Å². The minimum absolute atomic E-state index is 0.242. The fraction of sp³-hybridized carbons (Fsp3) is 0.192. The van der Waals surface area contributed by atoms with Crippen LogP contribution in [0.1, 0.15) is 29.7 Å². The molecule has 0 aliphatic heterocycles. The average Bonchev–Trinajstić information content (AvgIpc) is 3.29. The van der Waals surface area contributed by atoms with Gasteiger partial charge in [-0.3, -0.25) is 4.79 Å². The van der Waals surface area contributed by atoms with E-state index in [2.05, 4.69) is 10.1 Å². The van der Waals surface area contributed by atoms with E-state index in [1.807, 2.05) is 89.6 Å². The van der Waals surface area contributed by atoms with Crippen molar-refractivity contribution in [3.8, 4) is 5.75 Å². The summed E-state index contributed by atoms with van der Waals surface area (Å²) in [6.07, 6.45) is 4.60. The summed E-state index contributed by atoms with van der Waals surface area (Å²) in [6, 6.07) is 23.2. The molecule has 0 saturated carbocycles. The Kier molecular flexibility index (Phi) is 7.33. The van der Waals surface area contributed by atoms with E-state index in [-0.39, 0.29) is 12.4 Å². The Hall–Kier alpha value is -4.13. The van der Waals surface area contributed by atoms with Gasteiger partial charge >= 0.3 is 5.97 Å². The minimum Gasteiger partial charge on any atom is -0.487 e. The zero-order valence-electron chi connectivity index (χ0n) is 18.4. The van der Waals surface area contributed by atoms with Crippen LogP contribution in [0.15, 0.2) is 90.3 Å². The van der Waals surface area contributed by atoms with Gasteiger partial charge in [-0.1, -0.05) is 53.7 Å². The Balaban J connectivity index is 1.32. The number of hydrogen-bond acceptors (Lipinski definition) is 6. The van der Waals surface area contributed by atoms with E-state index in [4.69, 9.17) is 14.3 Å². The number of esters is 1. The fourth-order valence-electron chi connectivity index (χ4n) is 3.28. The lowest BCUT2D eigenvalue weighted by molar-refractivity contribution is -0.140. The third-order valence-electron chi connectivity index (χ3n) is 5.03. The number of benzene rings is 2. The van der Waals surface area contributed by atoms with Gasteiger partial charge in [-0.2, -0.15) is 0 Å². The van der Waals surface area contributed by atoms with Crippen LogP contribution in [0.2, 0.25) is 0 Å². The molecular weight excluding hydrogens is 418 g/mol. The van der Waals surface area contributed by atoms with Crippen LogP contribution in [0.3, 0.4) is 0 Å². The second-order valence-corrected chi connectivity index (χ2v) is 7.38. The fourth-order valence-corrected chi connectivity index (χ4v) is 3.28. The molecule has 7 nitrogen and oxygen atoms in total. The molecule has 2 aromatic heterocycles. The van der Waals surface area contributed by atoms with Gasteiger partial charge in [-0.15, -0.1) is 0 Å². The van der Waals surface area contributed by atoms with Gasteiger partial charge < -0.3 is 18.7 Å². The molecule has 4 aromatic rings. The first-order chi connectivity index (χ1) is 16.2. The molecule has 0 saturated heterocycles. The zero-order chi connectivity index (χ0) is 22.9. The first-order valence-electron chi connectivity index (χ1n) is 10.7. The maximum Gasteiger partial charge on any atom is 0.305 e. The third-order valence-corrected chi connectivity index (χ3v) is 5.03. The molecule has 0 N–H and O–H groups in total. The Morgan fingerprint density at radius 2 is 1.73 bits per heavy atom. The number of imidazole rings is 1. The van der Waals surface area contributed by atoms with Crippen LogP contribution >= 0.6 is 0 Å². The Bertz CT molecular complexity index is 1180. The topological polar surface area (TPSA) is 74.4 Å². The molecule has 0 aliphatic rings. The summed E-state index contributed by atoms with van der Waals surface area (Å²) < 4.78 is 12.6. The number of rotatable bonds is 10. The van der Waals surface area contributed by atoms with Crippen molar-refractivity contribution in [2.45, 2.75) is 26.1 Å². The van der Waals surface area contributed by atoms with E-state index < -0.39 is 0 Å². The van der Waals surface area contributed by atoms with Crippen molar-refractivity contribution in [3.05, 3.63) is 102 Å². The maximum absolute atomic E-state index is 11.5. The molecule has 7 heteroatoms. The lowest BCUT2D eigenvalue weighted by atomic mass is 10.1. The minimum atomic E-state index is -0.280. The highest BCUT2D eigenvalue weighted by molar-refractivity contribution is 6.01. The van der Waals surface area contributed by atoms with Crippen molar-refractivity contribution < 1.29 is 19.1 Å². The van der Waals surface area contributed by atoms with Crippen LogP contribution in [0, 0.1) is 0 Å². The number of fused-ring (bicyclic) bond motifs is 1. The Morgan fingerprint density at radius 1 is 0.939 bits per heavy atom. The van der Waals surface area contributed by atoms with Gasteiger partial charge in [-0.05, 0) is 35.4 Å². The van der Waals surface area contributed by atoms with Gasteiger partial charge in [0.15, 0.2) is 0 Å². The van der Waals surface area contributed by atoms with Crippen LogP contribution in [-0.2, 0) is 27.6 Å². The molecule has 168 valence electrons. The molecule has 0 unspecified atom stereocenters. The summed E-state index contributed by atoms with van der Waals surface area (Å²) in [5.74, 6) is 0.472. The SMILES string of the molecule is COC(=O)CC/C(=N\OCc1ccc(OCc2cn3ccccc3n2)cc1)c1ccccc1. The number of methoxy groups -OCH3 is 1. The second-order valence-electron chi connectivity index (χ2n) is 7.38. The molecule has 33 heavy (non-hydrogen) atoms. The summed E-state index contributed by atoms with van der Waals surface area (Å²) in [7, 11) is 1.38. The van der Waals surface area contributed by atoms with Gasteiger partial charge in [0.2, 0.25) is 0 Å². The lowest BCUT2D eigenvalue weighted by Crippen LogP contribution is -2.08. The van der Waals surface area contributed by atoms with Crippen molar-refractivity contribution in [3.63, 3.8) is 0 Å². The first kappa shape index (κ1) is 22.1. The van der Waals surface area contributed by atoms with Gasteiger partial charge in [0.25, 0.3) is 0 Å². The maximum atomic E-state index is 11.5. The number of nitrogens with zero attached hydrogens (tertiary/aromatic N) is 3. The molecular formula is C26H25N3O4. The van der Waals surface area contributed by atoms with Gasteiger partial charge in [0.1, 0.15) is 24.6 Å². The van der Waals surface area contributed by atoms with E-state index in [0.29, 0.717) is 25.3 Å². The van der Waals surface area contributed by atoms with Gasteiger partial charge in [-0.25, -0.2) is 4.98 Å². The molecule has 0 radical (unpaired) electrons. The van der Waals surface area contributed by atoms with Gasteiger partial charge in [0.05, 0.1) is 24.9 Å². The number of ether oxygens (including phenoxy) is 2.